The van der Waals surface area contributed by atoms with E-state index >= 15 is 0 Å². The number of aryl methyl sites for hydroxylation is 1. The van der Waals surface area contributed by atoms with E-state index in [-0.39, 0.29) is 18.6 Å². The molecule has 0 aliphatic carbocycles. The Morgan fingerprint density at radius 3 is 3.05 bits per heavy atom. The molecule has 0 aromatic heterocycles. The van der Waals surface area contributed by atoms with Crippen molar-refractivity contribution in [3.05, 3.63) is 34.9 Å². The zero-order chi connectivity index (χ0) is 14.5. The Kier molecular flexibility index (Phi) is 4.78. The highest BCUT2D eigenvalue weighted by molar-refractivity contribution is 5.97. The second kappa shape index (κ2) is 6.56. The molecule has 0 saturated carbocycles. The lowest BCUT2D eigenvalue weighted by Crippen LogP contribution is -2.44. The smallest absolute Gasteiger partial charge is 0.255 e. The van der Waals surface area contributed by atoms with Crippen LogP contribution in [0.5, 0.6) is 0 Å². The lowest BCUT2D eigenvalue weighted by molar-refractivity contribution is -0.0124. The lowest BCUT2D eigenvalue weighted by atomic mass is 10.0. The maximum Gasteiger partial charge on any atom is 0.255 e. The van der Waals surface area contributed by atoms with Gasteiger partial charge < -0.3 is 14.7 Å². The number of aliphatic hydroxyl groups is 1. The molecule has 20 heavy (non-hydrogen) atoms. The summed E-state index contributed by atoms with van der Waals surface area (Å²) < 4.78 is 5.45. The van der Waals surface area contributed by atoms with E-state index in [9.17, 15) is 4.79 Å². The van der Waals surface area contributed by atoms with E-state index in [0.717, 1.165) is 5.56 Å². The number of morpholine rings is 1. The van der Waals surface area contributed by atoms with Gasteiger partial charge in [0.05, 0.1) is 18.3 Å². The first-order valence-electron chi connectivity index (χ1n) is 6.73. The summed E-state index contributed by atoms with van der Waals surface area (Å²) in [5.74, 6) is 5.44. The predicted molar refractivity (Wildman–Crippen MR) is 76.5 cm³/mol. The molecule has 1 N–H and O–H groups in total. The fourth-order valence-corrected chi connectivity index (χ4v) is 2.26. The summed E-state index contributed by atoms with van der Waals surface area (Å²) >= 11 is 0. The molecular weight excluding hydrogens is 254 g/mol. The largest absolute Gasteiger partial charge is 0.384 e. The van der Waals surface area contributed by atoms with Gasteiger partial charge in [0, 0.05) is 18.7 Å². The number of hydrogen-bond acceptors (Lipinski definition) is 3. The van der Waals surface area contributed by atoms with Crippen LogP contribution in [0.15, 0.2) is 18.2 Å². The average molecular weight is 273 g/mol. The van der Waals surface area contributed by atoms with E-state index in [1.54, 1.807) is 11.0 Å². The Bertz CT molecular complexity index is 557. The van der Waals surface area contributed by atoms with Gasteiger partial charge in [0.1, 0.15) is 6.61 Å². The highest BCUT2D eigenvalue weighted by Gasteiger charge is 2.23. The van der Waals surface area contributed by atoms with Crippen molar-refractivity contribution in [2.75, 3.05) is 26.3 Å². The number of amides is 1. The molecule has 1 atom stereocenters. The van der Waals surface area contributed by atoms with Gasteiger partial charge in [-0.25, -0.2) is 0 Å². The average Bonchev–Trinajstić information content (AvgIpc) is 2.44. The van der Waals surface area contributed by atoms with Crippen LogP contribution in [-0.4, -0.2) is 48.3 Å². The van der Waals surface area contributed by atoms with Gasteiger partial charge in [-0.15, -0.1) is 0 Å². The molecule has 0 radical (unpaired) electrons. The zero-order valence-corrected chi connectivity index (χ0v) is 11.8. The molecule has 1 amide bonds. The van der Waals surface area contributed by atoms with Crippen molar-refractivity contribution < 1.29 is 14.6 Å². The first-order valence-corrected chi connectivity index (χ1v) is 6.73. The third-order valence-electron chi connectivity index (χ3n) is 3.24. The van der Waals surface area contributed by atoms with Crippen molar-refractivity contribution in [1.82, 2.24) is 4.90 Å². The molecule has 4 nitrogen and oxygen atoms in total. The normalized spacial score (nSPS) is 18.4. The summed E-state index contributed by atoms with van der Waals surface area (Å²) in [5, 5.41) is 8.82. The maximum absolute atomic E-state index is 12.6. The molecule has 4 heteroatoms. The van der Waals surface area contributed by atoms with Gasteiger partial charge >= 0.3 is 0 Å². The van der Waals surface area contributed by atoms with E-state index in [0.29, 0.717) is 30.8 Å². The Morgan fingerprint density at radius 2 is 2.35 bits per heavy atom. The highest BCUT2D eigenvalue weighted by Crippen LogP contribution is 2.15. The summed E-state index contributed by atoms with van der Waals surface area (Å²) in [6, 6.07) is 5.58. The molecule has 1 aliphatic rings. The first kappa shape index (κ1) is 14.6. The highest BCUT2D eigenvalue weighted by atomic mass is 16.5. The minimum absolute atomic E-state index is 0.0256. The van der Waals surface area contributed by atoms with Crippen LogP contribution in [0.25, 0.3) is 0 Å². The topological polar surface area (TPSA) is 49.8 Å². The van der Waals surface area contributed by atoms with Crippen LogP contribution >= 0.6 is 0 Å². The van der Waals surface area contributed by atoms with Gasteiger partial charge in [-0.3, -0.25) is 4.79 Å². The number of hydrogen-bond donors (Lipinski definition) is 1. The second-order valence-electron chi connectivity index (χ2n) is 4.94. The summed E-state index contributed by atoms with van der Waals surface area (Å²) in [6.07, 6.45) is 0.0603. The van der Waals surface area contributed by atoms with Gasteiger partial charge in [-0.05, 0) is 31.5 Å². The van der Waals surface area contributed by atoms with Crippen LogP contribution in [0.1, 0.15) is 28.4 Å². The Balaban J connectivity index is 2.29. The number of aliphatic hydroxyl groups excluding tert-OH is 1. The van der Waals surface area contributed by atoms with E-state index < -0.39 is 0 Å². The maximum atomic E-state index is 12.6. The molecule has 1 aromatic rings. The Labute approximate surface area is 119 Å². The molecule has 1 fully saturated rings. The van der Waals surface area contributed by atoms with Gasteiger partial charge in [0.2, 0.25) is 0 Å². The summed E-state index contributed by atoms with van der Waals surface area (Å²) in [5.41, 5.74) is 2.30. The van der Waals surface area contributed by atoms with E-state index in [2.05, 4.69) is 11.8 Å². The van der Waals surface area contributed by atoms with Gasteiger partial charge in [-0.1, -0.05) is 17.9 Å². The zero-order valence-electron chi connectivity index (χ0n) is 11.8. The van der Waals surface area contributed by atoms with E-state index in [1.807, 2.05) is 26.0 Å². The van der Waals surface area contributed by atoms with Crippen LogP contribution in [-0.2, 0) is 4.74 Å². The number of rotatable bonds is 1. The van der Waals surface area contributed by atoms with Gasteiger partial charge in [0.15, 0.2) is 0 Å². The van der Waals surface area contributed by atoms with Crippen LogP contribution in [0.4, 0.5) is 0 Å². The fourth-order valence-electron chi connectivity index (χ4n) is 2.26. The molecule has 0 bridgehead atoms. The number of carbonyl (C=O) groups is 1. The molecule has 1 heterocycles. The lowest BCUT2D eigenvalue weighted by Gasteiger charge is -2.31. The minimum atomic E-state index is -0.212. The summed E-state index contributed by atoms with van der Waals surface area (Å²) in [4.78, 5) is 14.4. The molecule has 106 valence electrons. The standard InChI is InChI=1S/C16H19NO3/c1-12-5-6-15(14(10-12)4-3-8-18)16(19)17-7-9-20-13(2)11-17/h5-6,10,13,18H,7-9,11H2,1-2H3. The summed E-state index contributed by atoms with van der Waals surface area (Å²) in [7, 11) is 0. The van der Waals surface area contributed by atoms with Crippen LogP contribution < -0.4 is 0 Å². The minimum Gasteiger partial charge on any atom is -0.384 e. The van der Waals surface area contributed by atoms with Crippen molar-refractivity contribution in [1.29, 1.82) is 0 Å². The first-order chi connectivity index (χ1) is 9.61. The van der Waals surface area contributed by atoms with Crippen molar-refractivity contribution in [2.24, 2.45) is 0 Å². The van der Waals surface area contributed by atoms with Crippen molar-refractivity contribution in [3.8, 4) is 11.8 Å². The van der Waals surface area contributed by atoms with Crippen molar-refractivity contribution >= 4 is 5.91 Å². The molecule has 1 unspecified atom stereocenters. The monoisotopic (exact) mass is 273 g/mol. The Hall–Kier alpha value is -1.83. The van der Waals surface area contributed by atoms with Crippen LogP contribution in [0.2, 0.25) is 0 Å². The number of ether oxygens (including phenoxy) is 1. The Morgan fingerprint density at radius 1 is 1.55 bits per heavy atom. The quantitative estimate of drug-likeness (QED) is 0.782. The molecule has 1 aromatic carbocycles. The van der Waals surface area contributed by atoms with Crippen LogP contribution in [0, 0.1) is 18.8 Å². The van der Waals surface area contributed by atoms with Crippen LogP contribution in [0.3, 0.4) is 0 Å². The third-order valence-corrected chi connectivity index (χ3v) is 3.24. The third kappa shape index (κ3) is 3.38. The van der Waals surface area contributed by atoms with Gasteiger partial charge in [-0.2, -0.15) is 0 Å². The van der Waals surface area contributed by atoms with Crippen molar-refractivity contribution in [2.45, 2.75) is 20.0 Å². The molecular formula is C16H19NO3. The molecule has 1 aliphatic heterocycles. The van der Waals surface area contributed by atoms with Crippen molar-refractivity contribution in [3.63, 3.8) is 0 Å². The summed E-state index contributed by atoms with van der Waals surface area (Å²) in [6.45, 7) is 5.46. The number of benzene rings is 1. The van der Waals surface area contributed by atoms with E-state index in [4.69, 9.17) is 9.84 Å². The SMILES string of the molecule is Cc1ccc(C(=O)N2CCOC(C)C2)c(C#CCO)c1. The number of carbonyl (C=O) groups excluding carboxylic acids is 1. The number of nitrogens with zero attached hydrogens (tertiary/aromatic N) is 1. The molecule has 1 saturated heterocycles. The second-order valence-corrected chi connectivity index (χ2v) is 4.94. The van der Waals surface area contributed by atoms with Gasteiger partial charge in [0.25, 0.3) is 5.91 Å². The molecule has 2 rings (SSSR count). The fraction of sp³-hybridized carbons (Fsp3) is 0.438. The van der Waals surface area contributed by atoms with E-state index in [1.165, 1.54) is 0 Å². The molecule has 0 spiro atoms. The predicted octanol–water partition coefficient (Wildman–Crippen LogP) is 1.20.